The fourth-order valence-electron chi connectivity index (χ4n) is 3.10. The average molecular weight is 579 g/mol. The molecule has 0 aliphatic carbocycles. The topological polar surface area (TPSA) is 120 Å². The molecule has 0 radical (unpaired) electrons. The van der Waals surface area contributed by atoms with Gasteiger partial charge in [-0.1, -0.05) is 47.1 Å². The van der Waals surface area contributed by atoms with Crippen LogP contribution in [0.5, 0.6) is 11.5 Å². The second-order valence-electron chi connectivity index (χ2n) is 7.22. The monoisotopic (exact) mass is 578 g/mol. The zero-order valence-electron chi connectivity index (χ0n) is 19.3. The summed E-state index contributed by atoms with van der Waals surface area (Å²) in [5, 5.41) is 17.5. The SMILES string of the molecule is COc1ccccc1-n1c(CNC(=O)COc2ccc(Cl)cc2Cl)nnc1SCC(=O)Nc1nccs1. The van der Waals surface area contributed by atoms with Crippen molar-refractivity contribution >= 4 is 63.2 Å². The van der Waals surface area contributed by atoms with E-state index in [2.05, 4.69) is 25.8 Å². The standard InChI is InChI=1S/C23H20Cl2N6O4S2/c1-34-18-5-3-2-4-16(18)31-19(11-27-20(32)12-35-17-7-6-14(24)10-15(17)25)29-30-23(31)37-13-21(33)28-22-26-8-9-36-22/h2-10H,11-13H2,1H3,(H,27,32)(H,26,28,33). The van der Waals surface area contributed by atoms with E-state index in [0.29, 0.717) is 43.3 Å². The Morgan fingerprint density at radius 3 is 2.70 bits per heavy atom. The van der Waals surface area contributed by atoms with Gasteiger partial charge in [0.15, 0.2) is 22.7 Å². The summed E-state index contributed by atoms with van der Waals surface area (Å²) in [6, 6.07) is 12.0. The molecule has 2 aromatic heterocycles. The van der Waals surface area contributed by atoms with Crippen LogP contribution in [0.2, 0.25) is 10.0 Å². The maximum atomic E-state index is 12.5. The minimum absolute atomic E-state index is 0.0491. The molecular weight excluding hydrogens is 559 g/mol. The van der Waals surface area contributed by atoms with Gasteiger partial charge in [0.2, 0.25) is 5.91 Å². The predicted octanol–water partition coefficient (Wildman–Crippen LogP) is 4.47. The van der Waals surface area contributed by atoms with E-state index in [1.807, 2.05) is 18.2 Å². The summed E-state index contributed by atoms with van der Waals surface area (Å²) in [6.07, 6.45) is 1.61. The molecule has 0 atom stereocenters. The molecule has 2 N–H and O–H groups in total. The molecule has 10 nitrogen and oxygen atoms in total. The molecule has 0 aliphatic heterocycles. The Balaban J connectivity index is 1.46. The second kappa shape index (κ2) is 12.8. The van der Waals surface area contributed by atoms with Crippen LogP contribution in [0.15, 0.2) is 59.2 Å². The molecule has 2 heterocycles. The first-order valence-corrected chi connectivity index (χ1v) is 13.3. The van der Waals surface area contributed by atoms with Crippen LogP contribution >= 0.6 is 46.3 Å². The van der Waals surface area contributed by atoms with E-state index < -0.39 is 5.91 Å². The number of hydrogen-bond acceptors (Lipinski definition) is 9. The number of thioether (sulfide) groups is 1. The largest absolute Gasteiger partial charge is 0.495 e. The Kier molecular flexibility index (Phi) is 9.23. The summed E-state index contributed by atoms with van der Waals surface area (Å²) in [5.74, 6) is 0.803. The molecule has 0 saturated carbocycles. The molecular formula is C23H20Cl2N6O4S2. The summed E-state index contributed by atoms with van der Waals surface area (Å²) < 4.78 is 12.7. The fourth-order valence-corrected chi connectivity index (χ4v) is 4.87. The summed E-state index contributed by atoms with van der Waals surface area (Å²) in [4.78, 5) is 28.9. The van der Waals surface area contributed by atoms with Gasteiger partial charge >= 0.3 is 0 Å². The maximum absolute atomic E-state index is 12.5. The van der Waals surface area contributed by atoms with Crippen molar-refractivity contribution in [2.24, 2.45) is 0 Å². The van der Waals surface area contributed by atoms with E-state index in [0.717, 1.165) is 0 Å². The molecule has 0 fully saturated rings. The molecule has 0 aliphatic rings. The Bertz CT molecular complexity index is 1380. The number of ether oxygens (including phenoxy) is 2. The van der Waals surface area contributed by atoms with E-state index in [1.165, 1.54) is 29.2 Å². The van der Waals surface area contributed by atoms with Crippen LogP contribution in [-0.4, -0.2) is 51.0 Å². The lowest BCUT2D eigenvalue weighted by Crippen LogP contribution is -2.29. The zero-order chi connectivity index (χ0) is 26.2. The number of nitrogens with one attached hydrogen (secondary N) is 2. The van der Waals surface area contributed by atoms with Crippen molar-refractivity contribution in [3.63, 3.8) is 0 Å². The number of thiazole rings is 1. The number of halogens is 2. The summed E-state index contributed by atoms with van der Waals surface area (Å²) in [6.45, 7) is -0.212. The number of rotatable bonds is 11. The molecule has 4 aromatic rings. The van der Waals surface area contributed by atoms with Gasteiger partial charge in [0.25, 0.3) is 5.91 Å². The third-order valence-electron chi connectivity index (χ3n) is 4.73. The minimum Gasteiger partial charge on any atom is -0.495 e. The van der Waals surface area contributed by atoms with E-state index in [-0.39, 0.29) is 24.8 Å². The van der Waals surface area contributed by atoms with Gasteiger partial charge in [0.05, 0.1) is 30.1 Å². The van der Waals surface area contributed by atoms with Gasteiger partial charge in [0.1, 0.15) is 11.5 Å². The van der Waals surface area contributed by atoms with E-state index in [4.69, 9.17) is 32.7 Å². The Morgan fingerprint density at radius 2 is 1.95 bits per heavy atom. The van der Waals surface area contributed by atoms with Gasteiger partial charge in [-0.2, -0.15) is 0 Å². The maximum Gasteiger partial charge on any atom is 0.258 e. The molecule has 4 rings (SSSR count). The van der Waals surface area contributed by atoms with Crippen molar-refractivity contribution in [1.29, 1.82) is 0 Å². The lowest BCUT2D eigenvalue weighted by molar-refractivity contribution is -0.123. The van der Waals surface area contributed by atoms with Gasteiger partial charge in [-0.05, 0) is 30.3 Å². The molecule has 0 bridgehead atoms. The molecule has 0 unspecified atom stereocenters. The number of methoxy groups -OCH3 is 1. The minimum atomic E-state index is -0.391. The van der Waals surface area contributed by atoms with Crippen molar-refractivity contribution in [3.8, 4) is 17.2 Å². The lowest BCUT2D eigenvalue weighted by Gasteiger charge is -2.14. The van der Waals surface area contributed by atoms with Crippen LogP contribution in [-0.2, 0) is 16.1 Å². The molecule has 14 heteroatoms. The Labute approximate surface area is 230 Å². The van der Waals surface area contributed by atoms with Crippen LogP contribution in [0, 0.1) is 0 Å². The molecule has 37 heavy (non-hydrogen) atoms. The molecule has 0 spiro atoms. The smallest absolute Gasteiger partial charge is 0.258 e. The first-order chi connectivity index (χ1) is 17.9. The number of carbonyl (C=O) groups excluding carboxylic acids is 2. The summed E-state index contributed by atoms with van der Waals surface area (Å²) >= 11 is 14.5. The molecule has 2 aromatic carbocycles. The number of benzene rings is 2. The van der Waals surface area contributed by atoms with E-state index >= 15 is 0 Å². The number of aromatic nitrogens is 4. The highest BCUT2D eigenvalue weighted by Gasteiger charge is 2.19. The number of anilines is 1. The first kappa shape index (κ1) is 26.7. The summed E-state index contributed by atoms with van der Waals surface area (Å²) in [5.41, 5.74) is 0.659. The highest BCUT2D eigenvalue weighted by molar-refractivity contribution is 7.99. The van der Waals surface area contributed by atoms with Crippen LogP contribution in [0.4, 0.5) is 5.13 Å². The fraction of sp³-hybridized carbons (Fsp3) is 0.174. The van der Waals surface area contributed by atoms with Gasteiger partial charge < -0.3 is 20.1 Å². The lowest BCUT2D eigenvalue weighted by atomic mass is 10.3. The van der Waals surface area contributed by atoms with Crippen LogP contribution in [0.3, 0.4) is 0 Å². The van der Waals surface area contributed by atoms with Crippen molar-refractivity contribution in [3.05, 3.63) is 69.9 Å². The van der Waals surface area contributed by atoms with Gasteiger partial charge in [-0.25, -0.2) is 4.98 Å². The molecule has 192 valence electrons. The number of para-hydroxylation sites is 2. The van der Waals surface area contributed by atoms with E-state index in [9.17, 15) is 9.59 Å². The van der Waals surface area contributed by atoms with Crippen LogP contribution in [0.25, 0.3) is 5.69 Å². The van der Waals surface area contributed by atoms with Gasteiger partial charge in [-0.15, -0.1) is 21.5 Å². The number of carbonyl (C=O) groups is 2. The summed E-state index contributed by atoms with van der Waals surface area (Å²) in [7, 11) is 1.55. The number of hydrogen-bond donors (Lipinski definition) is 2. The molecule has 0 saturated heterocycles. The van der Waals surface area contributed by atoms with Crippen molar-refractivity contribution in [1.82, 2.24) is 25.1 Å². The van der Waals surface area contributed by atoms with Crippen molar-refractivity contribution in [2.45, 2.75) is 11.7 Å². The second-order valence-corrected chi connectivity index (χ2v) is 9.90. The molecule has 2 amide bonds. The van der Waals surface area contributed by atoms with Gasteiger partial charge in [0, 0.05) is 16.6 Å². The van der Waals surface area contributed by atoms with Crippen LogP contribution in [0.1, 0.15) is 5.82 Å². The highest BCUT2D eigenvalue weighted by atomic mass is 35.5. The average Bonchev–Trinajstić information content (AvgIpc) is 3.55. The Hall–Kier alpha value is -3.32. The third-order valence-corrected chi connectivity index (χ3v) is 6.88. The third kappa shape index (κ3) is 7.13. The zero-order valence-corrected chi connectivity index (χ0v) is 22.5. The predicted molar refractivity (Wildman–Crippen MR) is 143 cm³/mol. The quantitative estimate of drug-likeness (QED) is 0.250. The first-order valence-electron chi connectivity index (χ1n) is 10.7. The van der Waals surface area contributed by atoms with Gasteiger partial charge in [-0.3, -0.25) is 14.2 Å². The van der Waals surface area contributed by atoms with E-state index in [1.54, 1.807) is 41.5 Å². The van der Waals surface area contributed by atoms with Crippen molar-refractivity contribution in [2.75, 3.05) is 24.8 Å². The number of amides is 2. The van der Waals surface area contributed by atoms with Crippen molar-refractivity contribution < 1.29 is 19.1 Å². The van der Waals surface area contributed by atoms with Crippen LogP contribution < -0.4 is 20.1 Å². The Morgan fingerprint density at radius 1 is 1.11 bits per heavy atom. The normalized spacial score (nSPS) is 10.7. The highest BCUT2D eigenvalue weighted by Crippen LogP contribution is 2.29. The number of nitrogens with zero attached hydrogens (tertiary/aromatic N) is 4.